The number of alkyl halides is 1. The van der Waals surface area contributed by atoms with Gasteiger partial charge in [0.05, 0.1) is 33.7 Å². The van der Waals surface area contributed by atoms with Crippen molar-refractivity contribution in [2.45, 2.75) is 51.0 Å². The van der Waals surface area contributed by atoms with Gasteiger partial charge in [-0.05, 0) is 50.3 Å². The van der Waals surface area contributed by atoms with Gasteiger partial charge in [0.2, 0.25) is 5.91 Å². The Kier molecular flexibility index (Phi) is 11.7. The number of carbonyl (C=O) groups excluding carboxylic acids is 4. The first-order valence-corrected chi connectivity index (χ1v) is 15.5. The number of nitro benzene ring substituents is 1. The van der Waals surface area contributed by atoms with Gasteiger partial charge in [0.25, 0.3) is 5.69 Å². The molecule has 0 aliphatic heterocycles. The first kappa shape index (κ1) is 33.2. The number of halogens is 1. The van der Waals surface area contributed by atoms with Crippen LogP contribution in [0.1, 0.15) is 47.0 Å². The van der Waals surface area contributed by atoms with Crippen molar-refractivity contribution in [3.63, 3.8) is 0 Å². The van der Waals surface area contributed by atoms with Gasteiger partial charge in [-0.25, -0.2) is 8.42 Å². The molecule has 0 unspecified atom stereocenters. The molecule has 1 amide bonds. The number of benzene rings is 1. The maximum Gasteiger partial charge on any atom is 0.281 e. The van der Waals surface area contributed by atoms with Gasteiger partial charge >= 0.3 is 0 Å². The summed E-state index contributed by atoms with van der Waals surface area (Å²) in [5, 5.41) is 13.2. The van der Waals surface area contributed by atoms with Crippen LogP contribution in [0.2, 0.25) is 0 Å². The minimum absolute atomic E-state index is 0.0111. The molecular weight excluding hydrogens is 584 g/mol. The standard InChI is InChI=1S/C14H13NO7S.C12H18ClNO2S/c1-23(21,22)8-5-6-9(10(7-8)15(19)20)14(18)13-11(16)3-2-4-12(13)17;1-8-7-17-10(3)12(8)14(11(15)5-13)9(2)6-16-4/h5-7,13H,2-4H2,1H3;7,9H,5-6H2,1-4H3/t;9-/m.0/s1. The smallest absolute Gasteiger partial charge is 0.281 e. The quantitative estimate of drug-likeness (QED) is 0.133. The fourth-order valence-electron chi connectivity index (χ4n) is 4.35. The molecule has 0 saturated heterocycles. The number of nitrogens with zero attached hydrogens (tertiary/aromatic N) is 2. The molecule has 1 atom stereocenters. The van der Waals surface area contributed by atoms with Crippen LogP contribution in [0.3, 0.4) is 0 Å². The van der Waals surface area contributed by atoms with Crippen molar-refractivity contribution < 1.29 is 37.3 Å². The maximum absolute atomic E-state index is 12.4. The molecule has 1 aliphatic rings. The molecular formula is C26H31ClN2O9S2. The van der Waals surface area contributed by atoms with Crippen LogP contribution in [0, 0.1) is 29.9 Å². The Hall–Kier alpha value is -3.00. The molecule has 1 aliphatic carbocycles. The van der Waals surface area contributed by atoms with Crippen molar-refractivity contribution in [2.24, 2.45) is 5.92 Å². The highest BCUT2D eigenvalue weighted by atomic mass is 35.5. The van der Waals surface area contributed by atoms with Crippen LogP contribution in [0.4, 0.5) is 11.4 Å². The fourth-order valence-corrected chi connectivity index (χ4v) is 5.96. The lowest BCUT2D eigenvalue weighted by Gasteiger charge is -2.29. The molecule has 218 valence electrons. The molecule has 1 fully saturated rings. The highest BCUT2D eigenvalue weighted by Gasteiger charge is 2.39. The number of methoxy groups -OCH3 is 1. The molecule has 0 bridgehead atoms. The van der Waals surface area contributed by atoms with Crippen molar-refractivity contribution in [3.8, 4) is 0 Å². The lowest BCUT2D eigenvalue weighted by Crippen LogP contribution is -2.42. The second kappa shape index (κ2) is 14.1. The third-order valence-electron chi connectivity index (χ3n) is 6.20. The first-order chi connectivity index (χ1) is 18.6. The van der Waals surface area contributed by atoms with Gasteiger partial charge in [0, 0.05) is 37.2 Å². The third-order valence-corrected chi connectivity index (χ3v) is 8.56. The van der Waals surface area contributed by atoms with Gasteiger partial charge in [0.15, 0.2) is 27.2 Å². The second-order valence-electron chi connectivity index (χ2n) is 9.32. The number of ether oxygens (including phenoxy) is 1. The third kappa shape index (κ3) is 7.80. The maximum atomic E-state index is 12.4. The summed E-state index contributed by atoms with van der Waals surface area (Å²) in [7, 11) is -2.07. The van der Waals surface area contributed by atoms with E-state index in [-0.39, 0.29) is 35.6 Å². The average molecular weight is 615 g/mol. The van der Waals surface area contributed by atoms with E-state index in [1.54, 1.807) is 23.3 Å². The number of thiophene rings is 1. The van der Waals surface area contributed by atoms with Crippen LogP contribution >= 0.6 is 22.9 Å². The van der Waals surface area contributed by atoms with E-state index in [1.807, 2.05) is 20.8 Å². The van der Waals surface area contributed by atoms with Crippen LogP contribution < -0.4 is 4.90 Å². The Bertz CT molecular complexity index is 1380. The van der Waals surface area contributed by atoms with Crippen LogP contribution in [0.5, 0.6) is 0 Å². The second-order valence-corrected chi connectivity index (χ2v) is 12.7. The number of sulfone groups is 1. The molecule has 0 radical (unpaired) electrons. The number of aryl methyl sites for hydroxylation is 2. The number of Topliss-reactive ketones (excluding diaryl/α,β-unsaturated/α-hetero) is 3. The SMILES string of the molecule is COC[C@H](C)N(C(=O)CCl)c1c(C)csc1C.CS(=O)(=O)c1ccc(C(=O)C2C(=O)CCCC2=O)c([N+](=O)[O-])c1. The van der Waals surface area contributed by atoms with Crippen LogP contribution in [0.25, 0.3) is 0 Å². The van der Waals surface area contributed by atoms with Gasteiger partial charge in [-0.2, -0.15) is 0 Å². The van der Waals surface area contributed by atoms with E-state index in [4.69, 9.17) is 16.3 Å². The molecule has 1 saturated carbocycles. The summed E-state index contributed by atoms with van der Waals surface area (Å²) in [5.41, 5.74) is 0.916. The Balaban J connectivity index is 0.000000294. The molecule has 1 aromatic heterocycles. The number of ketones is 3. The van der Waals surface area contributed by atoms with Gasteiger partial charge in [0.1, 0.15) is 11.8 Å². The molecule has 14 heteroatoms. The normalized spacial score (nSPS) is 14.8. The van der Waals surface area contributed by atoms with Crippen molar-refractivity contribution in [2.75, 3.05) is 30.8 Å². The highest BCUT2D eigenvalue weighted by molar-refractivity contribution is 7.90. The molecule has 0 N–H and O–H groups in total. The van der Waals surface area contributed by atoms with Gasteiger partial charge in [-0.3, -0.25) is 29.3 Å². The zero-order chi connectivity index (χ0) is 30.4. The number of amides is 1. The van der Waals surface area contributed by atoms with Crippen molar-refractivity contribution in [3.05, 3.63) is 49.7 Å². The number of nitro groups is 1. The average Bonchev–Trinajstić information content (AvgIpc) is 3.21. The zero-order valence-electron chi connectivity index (χ0n) is 22.8. The minimum atomic E-state index is -3.70. The monoisotopic (exact) mass is 614 g/mol. The first-order valence-electron chi connectivity index (χ1n) is 12.1. The van der Waals surface area contributed by atoms with E-state index < -0.39 is 49.3 Å². The molecule has 40 heavy (non-hydrogen) atoms. The highest BCUT2D eigenvalue weighted by Crippen LogP contribution is 2.32. The number of carbonyl (C=O) groups is 4. The summed E-state index contributed by atoms with van der Waals surface area (Å²) < 4.78 is 28.1. The summed E-state index contributed by atoms with van der Waals surface area (Å²) in [6, 6.07) is 2.78. The van der Waals surface area contributed by atoms with E-state index in [1.165, 1.54) is 0 Å². The number of anilines is 1. The van der Waals surface area contributed by atoms with Crippen LogP contribution in [-0.2, 0) is 29.0 Å². The van der Waals surface area contributed by atoms with Gasteiger partial charge < -0.3 is 9.64 Å². The van der Waals surface area contributed by atoms with E-state index in [0.29, 0.717) is 13.0 Å². The van der Waals surface area contributed by atoms with Crippen molar-refractivity contribution in [1.82, 2.24) is 0 Å². The van der Waals surface area contributed by atoms with Crippen LogP contribution in [0.15, 0.2) is 28.5 Å². The molecule has 1 heterocycles. The van der Waals surface area contributed by atoms with Crippen molar-refractivity contribution in [1.29, 1.82) is 0 Å². The zero-order valence-corrected chi connectivity index (χ0v) is 25.2. The van der Waals surface area contributed by atoms with Crippen LogP contribution in [-0.4, -0.2) is 68.5 Å². The molecule has 0 spiro atoms. The molecule has 2 aromatic rings. The Labute approximate surface area is 241 Å². The Morgan fingerprint density at radius 2 is 1.82 bits per heavy atom. The van der Waals surface area contributed by atoms with E-state index >= 15 is 0 Å². The van der Waals surface area contributed by atoms with E-state index in [2.05, 4.69) is 5.38 Å². The fraction of sp³-hybridized carbons (Fsp3) is 0.462. The Morgan fingerprint density at radius 3 is 2.27 bits per heavy atom. The number of rotatable bonds is 9. The van der Waals surface area contributed by atoms with E-state index in [9.17, 15) is 37.7 Å². The lowest BCUT2D eigenvalue weighted by molar-refractivity contribution is -0.385. The molecule has 11 nitrogen and oxygen atoms in total. The minimum Gasteiger partial charge on any atom is -0.383 e. The predicted octanol–water partition coefficient (Wildman–Crippen LogP) is 4.09. The summed E-state index contributed by atoms with van der Waals surface area (Å²) in [6.45, 7) is 6.48. The summed E-state index contributed by atoms with van der Waals surface area (Å²) >= 11 is 7.33. The number of hydrogen-bond acceptors (Lipinski definition) is 10. The summed E-state index contributed by atoms with van der Waals surface area (Å²) in [5.74, 6) is -3.71. The Morgan fingerprint density at radius 1 is 1.23 bits per heavy atom. The summed E-state index contributed by atoms with van der Waals surface area (Å²) in [4.78, 5) is 60.8. The largest absolute Gasteiger partial charge is 0.383 e. The van der Waals surface area contributed by atoms with Gasteiger partial charge in [-0.1, -0.05) is 0 Å². The summed E-state index contributed by atoms with van der Waals surface area (Å²) in [6.07, 6.45) is 1.37. The molecule has 3 rings (SSSR count). The lowest BCUT2D eigenvalue weighted by atomic mass is 9.81. The topological polar surface area (TPSA) is 158 Å². The number of hydrogen-bond donors (Lipinski definition) is 0. The molecule has 1 aromatic carbocycles. The predicted molar refractivity (Wildman–Crippen MR) is 151 cm³/mol. The van der Waals surface area contributed by atoms with E-state index in [0.717, 1.165) is 40.6 Å². The van der Waals surface area contributed by atoms with Crippen molar-refractivity contribution >= 4 is 67.4 Å². The van der Waals surface area contributed by atoms with Gasteiger partial charge in [-0.15, -0.1) is 22.9 Å².